The van der Waals surface area contributed by atoms with Crippen molar-refractivity contribution in [2.45, 2.75) is 39.2 Å². The predicted octanol–water partition coefficient (Wildman–Crippen LogP) is 1.86. The highest BCUT2D eigenvalue weighted by atomic mass is 32.2. The normalized spacial score (nSPS) is 13.8. The molecule has 0 spiro atoms. The van der Waals surface area contributed by atoms with Crippen LogP contribution in [0, 0.1) is 0 Å². The van der Waals surface area contributed by atoms with Gasteiger partial charge in [0.15, 0.2) is 0 Å². The number of hydrogen-bond donors (Lipinski definition) is 1. The number of aryl methyl sites for hydroxylation is 1. The fraction of sp³-hybridized carbons (Fsp3) is 0.714. The van der Waals surface area contributed by atoms with Crippen LogP contribution < -0.4 is 5.32 Å². The molecule has 0 aliphatic carbocycles. The van der Waals surface area contributed by atoms with E-state index in [1.54, 1.807) is 6.26 Å². The van der Waals surface area contributed by atoms with Crippen LogP contribution in [0.4, 0.5) is 0 Å². The lowest BCUT2D eigenvalue weighted by Crippen LogP contribution is -2.34. The van der Waals surface area contributed by atoms with Gasteiger partial charge in [0.1, 0.15) is 5.76 Å². The number of nitrogens with zero attached hydrogens (tertiary/aromatic N) is 1. The lowest BCUT2D eigenvalue weighted by molar-refractivity contribution is 0.406. The number of sulfonamides is 1. The quantitative estimate of drug-likeness (QED) is 0.670. The molecular formula is C14H26N2O3S. The molecule has 0 bridgehead atoms. The zero-order valence-corrected chi connectivity index (χ0v) is 13.4. The van der Waals surface area contributed by atoms with Crippen LogP contribution in [0.2, 0.25) is 0 Å². The molecule has 1 rings (SSSR count). The van der Waals surface area contributed by atoms with E-state index in [1.807, 2.05) is 19.1 Å². The van der Waals surface area contributed by atoms with Gasteiger partial charge in [-0.15, -0.1) is 0 Å². The van der Waals surface area contributed by atoms with Crippen molar-refractivity contribution in [1.82, 2.24) is 9.62 Å². The largest absolute Gasteiger partial charge is 0.469 e. The second kappa shape index (κ2) is 8.44. The van der Waals surface area contributed by atoms with E-state index in [4.69, 9.17) is 4.42 Å². The zero-order valence-electron chi connectivity index (χ0n) is 12.6. The van der Waals surface area contributed by atoms with E-state index in [1.165, 1.54) is 10.6 Å². The Balaban J connectivity index is 2.14. The molecule has 0 saturated carbocycles. The van der Waals surface area contributed by atoms with Gasteiger partial charge in [-0.3, -0.25) is 0 Å². The number of furan rings is 1. The predicted molar refractivity (Wildman–Crippen MR) is 81.2 cm³/mol. The van der Waals surface area contributed by atoms with Gasteiger partial charge in [-0.25, -0.2) is 12.7 Å². The van der Waals surface area contributed by atoms with Gasteiger partial charge in [0.25, 0.3) is 0 Å². The third-order valence-electron chi connectivity index (χ3n) is 3.30. The van der Waals surface area contributed by atoms with Crippen LogP contribution in [0.15, 0.2) is 22.8 Å². The van der Waals surface area contributed by atoms with Gasteiger partial charge in [0, 0.05) is 25.6 Å². The van der Waals surface area contributed by atoms with Gasteiger partial charge in [-0.05, 0) is 38.4 Å². The Bertz CT molecular complexity index is 457. The fourth-order valence-corrected chi connectivity index (χ4v) is 3.01. The van der Waals surface area contributed by atoms with Gasteiger partial charge in [0.05, 0.1) is 12.5 Å². The molecule has 0 fully saturated rings. The Kier molecular flexibility index (Phi) is 7.26. The van der Waals surface area contributed by atoms with Gasteiger partial charge in [0.2, 0.25) is 10.0 Å². The first-order chi connectivity index (χ1) is 9.43. The zero-order chi connectivity index (χ0) is 15.0. The molecule has 1 N–H and O–H groups in total. The summed E-state index contributed by atoms with van der Waals surface area (Å²) in [5, 5.41) is 3.41. The summed E-state index contributed by atoms with van der Waals surface area (Å²) >= 11 is 0. The Morgan fingerprint density at radius 2 is 2.20 bits per heavy atom. The third-order valence-corrected chi connectivity index (χ3v) is 4.68. The first-order valence-electron chi connectivity index (χ1n) is 7.14. The monoisotopic (exact) mass is 302 g/mol. The van der Waals surface area contributed by atoms with Crippen LogP contribution >= 0.6 is 0 Å². The molecule has 0 saturated heterocycles. The summed E-state index contributed by atoms with van der Waals surface area (Å²) in [5.74, 6) is 1.01. The first kappa shape index (κ1) is 17.2. The average Bonchev–Trinajstić information content (AvgIpc) is 2.87. The summed E-state index contributed by atoms with van der Waals surface area (Å²) in [6.45, 7) is 5.93. The van der Waals surface area contributed by atoms with Crippen LogP contribution in [-0.4, -0.2) is 44.7 Å². The molecule has 1 atom stereocenters. The molecule has 0 aliphatic heterocycles. The van der Waals surface area contributed by atoms with Crippen LogP contribution in [0.25, 0.3) is 0 Å². The third kappa shape index (κ3) is 6.54. The van der Waals surface area contributed by atoms with Crippen molar-refractivity contribution in [1.29, 1.82) is 0 Å². The van der Waals surface area contributed by atoms with E-state index in [0.29, 0.717) is 19.1 Å². The van der Waals surface area contributed by atoms with Crippen molar-refractivity contribution in [3.63, 3.8) is 0 Å². The fourth-order valence-electron chi connectivity index (χ4n) is 2.08. The summed E-state index contributed by atoms with van der Waals surface area (Å²) in [6, 6.07) is 4.28. The SMILES string of the molecule is CCN(CCCNC(C)CCc1ccco1)S(C)(=O)=O. The number of rotatable bonds is 10. The van der Waals surface area contributed by atoms with E-state index in [-0.39, 0.29) is 0 Å². The number of nitrogens with one attached hydrogen (secondary N) is 1. The van der Waals surface area contributed by atoms with Gasteiger partial charge in [-0.1, -0.05) is 6.92 Å². The van der Waals surface area contributed by atoms with Crippen molar-refractivity contribution in [2.75, 3.05) is 25.9 Å². The highest BCUT2D eigenvalue weighted by Gasteiger charge is 2.13. The Morgan fingerprint density at radius 1 is 1.45 bits per heavy atom. The van der Waals surface area contributed by atoms with Crippen molar-refractivity contribution in [3.8, 4) is 0 Å². The molecular weight excluding hydrogens is 276 g/mol. The summed E-state index contributed by atoms with van der Waals surface area (Å²) in [7, 11) is -3.06. The molecule has 0 amide bonds. The molecule has 20 heavy (non-hydrogen) atoms. The standard InChI is InChI=1S/C14H26N2O3S/c1-4-16(20(3,17)18)11-6-10-15-13(2)8-9-14-7-5-12-19-14/h5,7,12-13,15H,4,6,8-11H2,1-3H3. The minimum absolute atomic E-state index is 0.397. The van der Waals surface area contributed by atoms with E-state index in [2.05, 4.69) is 12.2 Å². The maximum atomic E-state index is 11.4. The lowest BCUT2D eigenvalue weighted by atomic mass is 10.1. The molecule has 1 unspecified atom stereocenters. The Morgan fingerprint density at radius 3 is 2.75 bits per heavy atom. The summed E-state index contributed by atoms with van der Waals surface area (Å²) in [5.41, 5.74) is 0. The maximum absolute atomic E-state index is 11.4. The molecule has 0 aliphatic rings. The van der Waals surface area contributed by atoms with Gasteiger partial charge < -0.3 is 9.73 Å². The molecule has 1 heterocycles. The van der Waals surface area contributed by atoms with E-state index >= 15 is 0 Å². The lowest BCUT2D eigenvalue weighted by Gasteiger charge is -2.19. The van der Waals surface area contributed by atoms with E-state index in [9.17, 15) is 8.42 Å². The Labute approximate surface area is 122 Å². The van der Waals surface area contributed by atoms with E-state index in [0.717, 1.165) is 31.6 Å². The highest BCUT2D eigenvalue weighted by molar-refractivity contribution is 7.88. The minimum atomic E-state index is -3.06. The molecule has 116 valence electrons. The highest BCUT2D eigenvalue weighted by Crippen LogP contribution is 2.06. The molecule has 1 aromatic heterocycles. The van der Waals surface area contributed by atoms with Crippen LogP contribution in [0.1, 0.15) is 32.4 Å². The second-order valence-electron chi connectivity index (χ2n) is 5.08. The second-order valence-corrected chi connectivity index (χ2v) is 7.06. The minimum Gasteiger partial charge on any atom is -0.469 e. The first-order valence-corrected chi connectivity index (χ1v) is 8.99. The summed E-state index contributed by atoms with van der Waals surface area (Å²) < 4.78 is 29.6. The van der Waals surface area contributed by atoms with E-state index < -0.39 is 10.0 Å². The van der Waals surface area contributed by atoms with Crippen LogP contribution in [0.3, 0.4) is 0 Å². The van der Waals surface area contributed by atoms with Crippen LogP contribution in [-0.2, 0) is 16.4 Å². The molecule has 6 heteroatoms. The maximum Gasteiger partial charge on any atom is 0.211 e. The molecule has 5 nitrogen and oxygen atoms in total. The van der Waals surface area contributed by atoms with Crippen molar-refractivity contribution >= 4 is 10.0 Å². The average molecular weight is 302 g/mol. The van der Waals surface area contributed by atoms with Gasteiger partial charge >= 0.3 is 0 Å². The molecule has 0 radical (unpaired) electrons. The molecule has 0 aromatic carbocycles. The molecule has 1 aromatic rings. The van der Waals surface area contributed by atoms with Crippen LogP contribution in [0.5, 0.6) is 0 Å². The topological polar surface area (TPSA) is 62.6 Å². The Hall–Kier alpha value is -0.850. The van der Waals surface area contributed by atoms with Crippen molar-refractivity contribution in [2.24, 2.45) is 0 Å². The van der Waals surface area contributed by atoms with Gasteiger partial charge in [-0.2, -0.15) is 0 Å². The summed E-state index contributed by atoms with van der Waals surface area (Å²) in [6.07, 6.45) is 5.71. The number of hydrogen-bond acceptors (Lipinski definition) is 4. The van der Waals surface area contributed by atoms with Crippen molar-refractivity contribution < 1.29 is 12.8 Å². The smallest absolute Gasteiger partial charge is 0.211 e. The summed E-state index contributed by atoms with van der Waals surface area (Å²) in [4.78, 5) is 0. The van der Waals surface area contributed by atoms with Crippen molar-refractivity contribution in [3.05, 3.63) is 24.2 Å².